The Kier molecular flexibility index (Phi) is 10.8. The molecule has 0 aliphatic carbocycles. The van der Waals surface area contributed by atoms with Gasteiger partial charge in [-0.15, -0.1) is 0 Å². The Hall–Kier alpha value is -4.93. The first kappa shape index (κ1) is 30.6. The number of carboxylic acids is 1. The molecule has 0 amide bonds. The molecule has 0 saturated heterocycles. The molecule has 3 aromatic carbocycles. The number of aliphatic carboxylic acids is 1. The van der Waals surface area contributed by atoms with Gasteiger partial charge in [0, 0.05) is 5.56 Å². The fourth-order valence-corrected chi connectivity index (χ4v) is 4.24. The summed E-state index contributed by atoms with van der Waals surface area (Å²) in [5, 5.41) is 20.7. The van der Waals surface area contributed by atoms with Crippen LogP contribution in [0.3, 0.4) is 0 Å². The number of hydrogen-bond acceptors (Lipinski definition) is 9. The first-order valence-corrected chi connectivity index (χ1v) is 12.6. The second-order valence-electron chi connectivity index (χ2n) is 8.74. The number of nitro groups is 1. The van der Waals surface area contributed by atoms with Crippen molar-refractivity contribution in [3.05, 3.63) is 74.8 Å². The van der Waals surface area contributed by atoms with Gasteiger partial charge in [0.05, 0.1) is 59.6 Å². The second kappa shape index (κ2) is 14.5. The van der Waals surface area contributed by atoms with Crippen LogP contribution in [0.4, 0.5) is 5.69 Å². The number of carbonyl (C=O) groups is 1. The number of aryl methyl sites for hydroxylation is 2. The van der Waals surface area contributed by atoms with Crippen LogP contribution in [0.5, 0.6) is 34.5 Å². The predicted octanol–water partition coefficient (Wildman–Crippen LogP) is 5.45. The van der Waals surface area contributed by atoms with Gasteiger partial charge in [-0.25, -0.2) is 0 Å². The van der Waals surface area contributed by atoms with Crippen molar-refractivity contribution in [1.82, 2.24) is 0 Å². The Balaban J connectivity index is 1.87. The van der Waals surface area contributed by atoms with Crippen LogP contribution >= 0.6 is 0 Å². The highest BCUT2D eigenvalue weighted by atomic mass is 16.6. The Morgan fingerprint density at radius 2 is 1.37 bits per heavy atom. The van der Waals surface area contributed by atoms with Crippen LogP contribution < -0.4 is 28.4 Å². The van der Waals surface area contributed by atoms with E-state index in [9.17, 15) is 14.9 Å². The Bertz CT molecular complexity index is 1390. The third-order valence-corrected chi connectivity index (χ3v) is 6.26. The van der Waals surface area contributed by atoms with Crippen LogP contribution in [0.25, 0.3) is 12.2 Å². The molecular weight excluding hydrogens is 534 g/mol. The maximum atomic E-state index is 11.9. The van der Waals surface area contributed by atoms with Crippen molar-refractivity contribution in [3.63, 3.8) is 0 Å². The lowest BCUT2D eigenvalue weighted by atomic mass is 9.99. The summed E-state index contributed by atoms with van der Waals surface area (Å²) in [5.74, 6) is 1.59. The number of rotatable bonds is 15. The van der Waals surface area contributed by atoms with Crippen molar-refractivity contribution in [2.45, 2.75) is 19.3 Å². The molecule has 0 bridgehead atoms. The molecule has 0 spiro atoms. The number of benzene rings is 3. The summed E-state index contributed by atoms with van der Waals surface area (Å²) in [6.45, 7) is -0.143. The zero-order valence-corrected chi connectivity index (χ0v) is 23.6. The van der Waals surface area contributed by atoms with E-state index in [-0.39, 0.29) is 30.2 Å². The lowest BCUT2D eigenvalue weighted by molar-refractivity contribution is -0.385. The molecule has 0 aliphatic heterocycles. The maximum Gasteiger partial charge on any atom is 0.306 e. The van der Waals surface area contributed by atoms with Crippen molar-refractivity contribution in [2.24, 2.45) is 0 Å². The SMILES string of the molecule is COc1ccc(C=Cc2cc(OC)c(OC)c(OC)c2)cc1CCc1cc(OC)c(OCCC(=O)O)cc1[N+](=O)[O-]. The van der Waals surface area contributed by atoms with Gasteiger partial charge >= 0.3 is 5.97 Å². The molecule has 0 fully saturated rings. The van der Waals surface area contributed by atoms with E-state index in [1.54, 1.807) is 34.5 Å². The minimum absolute atomic E-state index is 0.112. The summed E-state index contributed by atoms with van der Waals surface area (Å²) < 4.78 is 32.6. The molecule has 3 rings (SSSR count). The van der Waals surface area contributed by atoms with Crippen molar-refractivity contribution in [3.8, 4) is 34.5 Å². The summed E-state index contributed by atoms with van der Waals surface area (Å²) in [7, 11) is 7.64. The highest BCUT2D eigenvalue weighted by Gasteiger charge is 2.21. The molecule has 41 heavy (non-hydrogen) atoms. The zero-order valence-electron chi connectivity index (χ0n) is 23.6. The first-order chi connectivity index (χ1) is 19.7. The number of methoxy groups -OCH3 is 5. The third kappa shape index (κ3) is 7.81. The van der Waals surface area contributed by atoms with Gasteiger partial charge in [-0.1, -0.05) is 18.2 Å². The van der Waals surface area contributed by atoms with Gasteiger partial charge in [-0.3, -0.25) is 14.9 Å². The largest absolute Gasteiger partial charge is 0.496 e. The van der Waals surface area contributed by atoms with E-state index >= 15 is 0 Å². The van der Waals surface area contributed by atoms with E-state index < -0.39 is 10.9 Å². The summed E-state index contributed by atoms with van der Waals surface area (Å²) >= 11 is 0. The summed E-state index contributed by atoms with van der Waals surface area (Å²) in [6, 6.07) is 12.2. The molecule has 0 saturated carbocycles. The molecule has 3 aromatic rings. The van der Waals surface area contributed by atoms with E-state index in [1.807, 2.05) is 42.5 Å². The highest BCUT2D eigenvalue weighted by Crippen LogP contribution is 2.39. The van der Waals surface area contributed by atoms with E-state index in [0.29, 0.717) is 41.4 Å². The van der Waals surface area contributed by atoms with E-state index in [4.69, 9.17) is 33.5 Å². The van der Waals surface area contributed by atoms with Gasteiger partial charge in [0.2, 0.25) is 5.75 Å². The number of hydrogen-bond donors (Lipinski definition) is 1. The van der Waals surface area contributed by atoms with Crippen molar-refractivity contribution < 1.29 is 43.2 Å². The predicted molar refractivity (Wildman–Crippen MR) is 153 cm³/mol. The quantitative estimate of drug-likeness (QED) is 0.143. The maximum absolute atomic E-state index is 11.9. The normalized spacial score (nSPS) is 10.8. The minimum Gasteiger partial charge on any atom is -0.496 e. The zero-order chi connectivity index (χ0) is 29.9. The highest BCUT2D eigenvalue weighted by molar-refractivity contribution is 5.73. The molecule has 0 aliphatic rings. The van der Waals surface area contributed by atoms with Crippen LogP contribution in [-0.2, 0) is 17.6 Å². The topological polar surface area (TPSA) is 136 Å². The molecular formula is C30H33NO10. The number of nitrogens with zero attached hydrogens (tertiary/aromatic N) is 1. The van der Waals surface area contributed by atoms with Gasteiger partial charge in [0.1, 0.15) is 5.75 Å². The fourth-order valence-electron chi connectivity index (χ4n) is 4.24. The van der Waals surface area contributed by atoms with Crippen LogP contribution in [0.2, 0.25) is 0 Å². The Labute approximate surface area is 238 Å². The summed E-state index contributed by atoms with van der Waals surface area (Å²) in [5.41, 5.74) is 2.88. The first-order valence-electron chi connectivity index (χ1n) is 12.6. The molecule has 1 N–H and O–H groups in total. The molecule has 0 heterocycles. The van der Waals surface area contributed by atoms with Crippen molar-refractivity contribution in [2.75, 3.05) is 42.2 Å². The second-order valence-corrected chi connectivity index (χ2v) is 8.74. The average molecular weight is 568 g/mol. The third-order valence-electron chi connectivity index (χ3n) is 6.26. The van der Waals surface area contributed by atoms with Gasteiger partial charge in [-0.2, -0.15) is 0 Å². The molecule has 0 unspecified atom stereocenters. The number of nitro benzene ring substituents is 1. The van der Waals surface area contributed by atoms with E-state index in [2.05, 4.69) is 0 Å². The summed E-state index contributed by atoms with van der Waals surface area (Å²) in [6.07, 6.45) is 4.35. The smallest absolute Gasteiger partial charge is 0.306 e. The lowest BCUT2D eigenvalue weighted by Gasteiger charge is -2.14. The Morgan fingerprint density at radius 1 is 0.756 bits per heavy atom. The monoisotopic (exact) mass is 567 g/mol. The van der Waals surface area contributed by atoms with Crippen LogP contribution in [0.15, 0.2) is 42.5 Å². The standard InChI is InChI=1S/C30H33NO10/c1-36-24-11-8-19(6-7-20-15-27(38-3)30(40-5)28(16-20)39-4)14-22(24)10-9-21-17-25(37-2)26(18-23(21)31(34)35)41-13-12-29(32)33/h6-8,11,14-18H,9-10,12-13H2,1-5H3,(H,32,33). The van der Waals surface area contributed by atoms with Crippen LogP contribution in [0, 0.1) is 10.1 Å². The summed E-state index contributed by atoms with van der Waals surface area (Å²) in [4.78, 5) is 22.2. The molecule has 11 heteroatoms. The van der Waals surface area contributed by atoms with Crippen LogP contribution in [0.1, 0.15) is 28.7 Å². The van der Waals surface area contributed by atoms with E-state index in [1.165, 1.54) is 13.2 Å². The molecule has 0 atom stereocenters. The lowest BCUT2D eigenvalue weighted by Crippen LogP contribution is -2.07. The van der Waals surface area contributed by atoms with Gasteiger partial charge < -0.3 is 33.5 Å². The van der Waals surface area contributed by atoms with Crippen molar-refractivity contribution >= 4 is 23.8 Å². The van der Waals surface area contributed by atoms with E-state index in [0.717, 1.165) is 16.7 Å². The minimum atomic E-state index is -1.04. The van der Waals surface area contributed by atoms with Gasteiger partial charge in [-0.05, 0) is 59.9 Å². The molecule has 0 radical (unpaired) electrons. The van der Waals surface area contributed by atoms with Gasteiger partial charge in [0.15, 0.2) is 23.0 Å². The van der Waals surface area contributed by atoms with Crippen LogP contribution in [-0.4, -0.2) is 58.2 Å². The van der Waals surface area contributed by atoms with Gasteiger partial charge in [0.25, 0.3) is 5.69 Å². The average Bonchev–Trinajstić information content (AvgIpc) is 2.97. The number of ether oxygens (including phenoxy) is 6. The Morgan fingerprint density at radius 3 is 1.93 bits per heavy atom. The fraction of sp³-hybridized carbons (Fsp3) is 0.300. The number of carboxylic acid groups (broad SMARTS) is 1. The molecule has 0 aromatic heterocycles. The van der Waals surface area contributed by atoms with Crippen molar-refractivity contribution in [1.29, 1.82) is 0 Å². The molecule has 218 valence electrons. The molecule has 11 nitrogen and oxygen atoms in total.